The Labute approximate surface area is 157 Å². The lowest BCUT2D eigenvalue weighted by Gasteiger charge is -2.11. The van der Waals surface area contributed by atoms with Crippen molar-refractivity contribution in [2.75, 3.05) is 19.5 Å². The highest BCUT2D eigenvalue weighted by molar-refractivity contribution is 6.11. The number of para-hydroxylation sites is 1. The largest absolute Gasteiger partial charge is 0.497 e. The summed E-state index contributed by atoms with van der Waals surface area (Å²) in [5.74, 6) is 0.527. The highest BCUT2D eigenvalue weighted by Gasteiger charge is 2.15. The summed E-state index contributed by atoms with van der Waals surface area (Å²) in [4.78, 5) is 15.9. The minimum Gasteiger partial charge on any atom is -0.497 e. The van der Waals surface area contributed by atoms with E-state index in [4.69, 9.17) is 9.47 Å². The Balaban J connectivity index is 1.96. The number of anilines is 1. The van der Waals surface area contributed by atoms with Crippen LogP contribution in [0.1, 0.15) is 11.3 Å². The number of nitrogens with one attached hydrogen (secondary N) is 2. The molecule has 1 amide bonds. The molecule has 136 valence electrons. The van der Waals surface area contributed by atoms with E-state index in [0.29, 0.717) is 17.2 Å². The molecule has 6 heteroatoms. The van der Waals surface area contributed by atoms with Gasteiger partial charge in [0.05, 0.1) is 19.9 Å². The summed E-state index contributed by atoms with van der Waals surface area (Å²) in [7, 11) is 3.04. The highest BCUT2D eigenvalue weighted by atomic mass is 16.5. The van der Waals surface area contributed by atoms with Gasteiger partial charge in [-0.1, -0.05) is 18.2 Å². The Morgan fingerprint density at radius 3 is 2.67 bits per heavy atom. The Kier molecular flexibility index (Phi) is 5.13. The second-order valence-electron chi connectivity index (χ2n) is 5.90. The Bertz CT molecular complexity index is 1070. The maximum Gasteiger partial charge on any atom is 0.266 e. The van der Waals surface area contributed by atoms with E-state index in [-0.39, 0.29) is 5.57 Å². The van der Waals surface area contributed by atoms with Crippen molar-refractivity contribution in [3.63, 3.8) is 0 Å². The molecule has 2 aromatic carbocycles. The number of fused-ring (bicyclic) bond motifs is 1. The van der Waals surface area contributed by atoms with Gasteiger partial charge in [0.2, 0.25) is 0 Å². The van der Waals surface area contributed by atoms with Crippen LogP contribution in [0.2, 0.25) is 0 Å². The molecule has 3 aromatic rings. The average molecular weight is 361 g/mol. The van der Waals surface area contributed by atoms with E-state index < -0.39 is 5.91 Å². The number of aryl methyl sites for hydroxylation is 1. The van der Waals surface area contributed by atoms with Crippen LogP contribution in [0.3, 0.4) is 0 Å². The van der Waals surface area contributed by atoms with E-state index in [1.807, 2.05) is 37.3 Å². The van der Waals surface area contributed by atoms with Crippen LogP contribution in [0.4, 0.5) is 5.69 Å². The molecule has 0 saturated heterocycles. The molecule has 0 aliphatic rings. The first-order valence-electron chi connectivity index (χ1n) is 8.30. The normalized spacial score (nSPS) is 11.1. The first-order chi connectivity index (χ1) is 13.1. The van der Waals surface area contributed by atoms with E-state index in [9.17, 15) is 10.1 Å². The van der Waals surface area contributed by atoms with Crippen LogP contribution in [-0.4, -0.2) is 25.1 Å². The van der Waals surface area contributed by atoms with Crippen molar-refractivity contribution in [2.24, 2.45) is 0 Å². The maximum absolute atomic E-state index is 12.7. The molecule has 0 aliphatic carbocycles. The number of aromatic nitrogens is 1. The number of hydrogen-bond acceptors (Lipinski definition) is 4. The number of aromatic amines is 1. The predicted molar refractivity (Wildman–Crippen MR) is 105 cm³/mol. The molecule has 0 fully saturated rings. The molecule has 0 aliphatic heterocycles. The van der Waals surface area contributed by atoms with Gasteiger partial charge < -0.3 is 19.8 Å². The monoisotopic (exact) mass is 361 g/mol. The van der Waals surface area contributed by atoms with Gasteiger partial charge in [0.1, 0.15) is 23.1 Å². The minimum atomic E-state index is -0.520. The molecule has 2 N–H and O–H groups in total. The van der Waals surface area contributed by atoms with Gasteiger partial charge in [-0.25, -0.2) is 0 Å². The number of amides is 1. The van der Waals surface area contributed by atoms with Gasteiger partial charge in [0.25, 0.3) is 5.91 Å². The summed E-state index contributed by atoms with van der Waals surface area (Å²) in [6.45, 7) is 1.91. The quantitative estimate of drug-likeness (QED) is 0.530. The number of nitriles is 1. The average Bonchev–Trinajstić information content (AvgIpc) is 3.00. The topological polar surface area (TPSA) is 87.1 Å². The van der Waals surface area contributed by atoms with Gasteiger partial charge in [-0.15, -0.1) is 0 Å². The lowest BCUT2D eigenvalue weighted by atomic mass is 10.1. The Morgan fingerprint density at radius 2 is 1.96 bits per heavy atom. The van der Waals surface area contributed by atoms with E-state index >= 15 is 0 Å². The number of hydrogen-bond donors (Lipinski definition) is 2. The molecule has 0 bridgehead atoms. The Morgan fingerprint density at radius 1 is 1.19 bits per heavy atom. The smallest absolute Gasteiger partial charge is 0.266 e. The van der Waals surface area contributed by atoms with E-state index in [0.717, 1.165) is 22.2 Å². The summed E-state index contributed by atoms with van der Waals surface area (Å²) < 4.78 is 10.4. The van der Waals surface area contributed by atoms with E-state index in [1.165, 1.54) is 14.2 Å². The van der Waals surface area contributed by atoms with Crippen LogP contribution < -0.4 is 14.8 Å². The molecule has 3 rings (SSSR count). The van der Waals surface area contributed by atoms with Gasteiger partial charge in [-0.3, -0.25) is 4.79 Å². The van der Waals surface area contributed by atoms with Crippen LogP contribution >= 0.6 is 0 Å². The number of methoxy groups -OCH3 is 2. The third-order valence-corrected chi connectivity index (χ3v) is 4.25. The van der Waals surface area contributed by atoms with Crippen LogP contribution in [0.5, 0.6) is 11.5 Å². The number of H-pyrrole nitrogens is 1. The van der Waals surface area contributed by atoms with Crippen LogP contribution in [-0.2, 0) is 4.79 Å². The molecule has 0 unspecified atom stereocenters. The number of carbonyl (C=O) groups excluding carboxylic acids is 1. The molecule has 1 aromatic heterocycles. The second-order valence-corrected chi connectivity index (χ2v) is 5.90. The maximum atomic E-state index is 12.7. The number of nitrogens with zero attached hydrogens (tertiary/aromatic N) is 1. The first-order valence-corrected chi connectivity index (χ1v) is 8.30. The molecule has 1 heterocycles. The number of rotatable bonds is 5. The van der Waals surface area contributed by atoms with Gasteiger partial charge in [-0.05, 0) is 31.2 Å². The van der Waals surface area contributed by atoms with Gasteiger partial charge >= 0.3 is 0 Å². The van der Waals surface area contributed by atoms with Gasteiger partial charge in [-0.2, -0.15) is 5.26 Å². The summed E-state index contributed by atoms with van der Waals surface area (Å²) in [6, 6.07) is 14.8. The van der Waals surface area contributed by atoms with Gasteiger partial charge in [0, 0.05) is 28.2 Å². The second kappa shape index (κ2) is 7.67. The third-order valence-electron chi connectivity index (χ3n) is 4.25. The molecule has 0 radical (unpaired) electrons. The van der Waals surface area contributed by atoms with Gasteiger partial charge in [0.15, 0.2) is 0 Å². The molecular weight excluding hydrogens is 342 g/mol. The fraction of sp³-hybridized carbons (Fsp3) is 0.143. The zero-order valence-electron chi connectivity index (χ0n) is 15.3. The molecule has 0 atom stereocenters. The zero-order valence-corrected chi connectivity index (χ0v) is 15.3. The number of carbonyl (C=O) groups is 1. The van der Waals surface area contributed by atoms with Crippen molar-refractivity contribution in [1.82, 2.24) is 4.98 Å². The zero-order chi connectivity index (χ0) is 19.4. The summed E-state index contributed by atoms with van der Waals surface area (Å²) in [5, 5.41) is 13.2. The fourth-order valence-electron chi connectivity index (χ4n) is 2.88. The summed E-state index contributed by atoms with van der Waals surface area (Å²) in [5.41, 5.74) is 3.07. The lowest BCUT2D eigenvalue weighted by molar-refractivity contribution is -0.112. The van der Waals surface area contributed by atoms with Crippen molar-refractivity contribution in [1.29, 1.82) is 5.26 Å². The number of benzene rings is 2. The van der Waals surface area contributed by atoms with Crippen molar-refractivity contribution in [3.8, 4) is 17.6 Å². The molecule has 0 spiro atoms. The van der Waals surface area contributed by atoms with E-state index in [2.05, 4.69) is 10.3 Å². The van der Waals surface area contributed by atoms with Crippen molar-refractivity contribution in [2.45, 2.75) is 6.92 Å². The SMILES string of the molecule is COc1ccc(OC)c(NC(=O)C(C#N)=Cc2c(C)[nH]c3ccccc23)c1. The summed E-state index contributed by atoms with van der Waals surface area (Å²) in [6.07, 6.45) is 1.59. The molecule has 6 nitrogen and oxygen atoms in total. The third kappa shape index (κ3) is 3.62. The molecule has 27 heavy (non-hydrogen) atoms. The van der Waals surface area contributed by atoms with Crippen molar-refractivity contribution in [3.05, 3.63) is 59.3 Å². The van der Waals surface area contributed by atoms with Crippen LogP contribution in [0.15, 0.2) is 48.0 Å². The van der Waals surface area contributed by atoms with Crippen LogP contribution in [0.25, 0.3) is 17.0 Å². The lowest BCUT2D eigenvalue weighted by Crippen LogP contribution is -2.14. The minimum absolute atomic E-state index is 0.00674. The standard InChI is InChI=1S/C21H19N3O3/c1-13-17(16-6-4-5-7-18(16)23-13)10-14(12-22)21(25)24-19-11-15(26-2)8-9-20(19)27-3/h4-11,23H,1-3H3,(H,24,25). The van der Waals surface area contributed by atoms with Crippen molar-refractivity contribution < 1.29 is 14.3 Å². The van der Waals surface area contributed by atoms with E-state index in [1.54, 1.807) is 24.3 Å². The predicted octanol–water partition coefficient (Wildman–Crippen LogP) is 4.04. The highest BCUT2D eigenvalue weighted by Crippen LogP contribution is 2.30. The molecular formula is C21H19N3O3. The van der Waals surface area contributed by atoms with Crippen molar-refractivity contribution >= 4 is 28.6 Å². The van der Waals surface area contributed by atoms with Crippen LogP contribution in [0, 0.1) is 18.3 Å². The number of ether oxygens (including phenoxy) is 2. The first kappa shape index (κ1) is 18.1. The summed E-state index contributed by atoms with van der Waals surface area (Å²) >= 11 is 0. The molecule has 0 saturated carbocycles. The Hall–Kier alpha value is -3.72. The fourth-order valence-corrected chi connectivity index (χ4v) is 2.88.